The van der Waals surface area contributed by atoms with Gasteiger partial charge in [0.2, 0.25) is 5.91 Å². The van der Waals surface area contributed by atoms with Gasteiger partial charge >= 0.3 is 0 Å². The van der Waals surface area contributed by atoms with E-state index < -0.39 is 0 Å². The lowest BCUT2D eigenvalue weighted by Crippen LogP contribution is -2.41. The highest BCUT2D eigenvalue weighted by molar-refractivity contribution is 5.92. The number of hydrogen-bond acceptors (Lipinski definition) is 6. The molecule has 25 heavy (non-hydrogen) atoms. The maximum absolute atomic E-state index is 12.2. The second-order valence-corrected chi connectivity index (χ2v) is 6.16. The second kappa shape index (κ2) is 7.47. The van der Waals surface area contributed by atoms with Crippen molar-refractivity contribution in [2.75, 3.05) is 32.0 Å². The van der Waals surface area contributed by atoms with Gasteiger partial charge in [-0.3, -0.25) is 19.2 Å². The van der Waals surface area contributed by atoms with E-state index in [-0.39, 0.29) is 24.4 Å². The molecule has 0 spiro atoms. The number of hydrogen-bond donors (Lipinski definition) is 2. The molecule has 0 saturated carbocycles. The predicted octanol–water partition coefficient (Wildman–Crippen LogP) is 0.815. The highest BCUT2D eigenvalue weighted by Crippen LogP contribution is 2.21. The van der Waals surface area contributed by atoms with Crippen LogP contribution >= 0.6 is 0 Å². The number of likely N-dealkylation sites (tertiary alicyclic amines) is 1. The standard InChI is InChI=1S/C16H22N6O3/c1-11-8-14(20-25-11)18-15(23)10-21-6-3-4-12(9-21)22-7-5-13(19-22)16(24)17-2/h5,7-8,12H,3-4,6,9-10H2,1-2H3,(H,17,24)(H,18,20,23). The molecule has 1 unspecified atom stereocenters. The number of piperidine rings is 1. The molecule has 134 valence electrons. The zero-order valence-electron chi connectivity index (χ0n) is 14.4. The van der Waals surface area contributed by atoms with Crippen LogP contribution in [0.15, 0.2) is 22.9 Å². The topological polar surface area (TPSA) is 105 Å². The maximum Gasteiger partial charge on any atom is 0.271 e. The van der Waals surface area contributed by atoms with Gasteiger partial charge in [0.05, 0.1) is 12.6 Å². The molecule has 0 aromatic carbocycles. The number of aromatic nitrogens is 3. The van der Waals surface area contributed by atoms with E-state index in [2.05, 4.69) is 25.8 Å². The SMILES string of the molecule is CNC(=O)c1ccn(C2CCCN(CC(=O)Nc3cc(C)on3)C2)n1. The van der Waals surface area contributed by atoms with Gasteiger partial charge in [-0.15, -0.1) is 0 Å². The average molecular weight is 346 g/mol. The van der Waals surface area contributed by atoms with Crippen LogP contribution in [0.1, 0.15) is 35.1 Å². The number of carbonyl (C=O) groups excluding carboxylic acids is 2. The highest BCUT2D eigenvalue weighted by Gasteiger charge is 2.24. The molecule has 0 radical (unpaired) electrons. The fourth-order valence-electron chi connectivity index (χ4n) is 2.99. The Morgan fingerprint density at radius 2 is 2.28 bits per heavy atom. The molecule has 1 aliphatic rings. The van der Waals surface area contributed by atoms with E-state index in [1.807, 2.05) is 10.9 Å². The van der Waals surface area contributed by atoms with Crippen LogP contribution in [0.2, 0.25) is 0 Å². The van der Waals surface area contributed by atoms with Crippen molar-refractivity contribution >= 4 is 17.6 Å². The summed E-state index contributed by atoms with van der Waals surface area (Å²) in [6, 6.07) is 3.53. The fraction of sp³-hybridized carbons (Fsp3) is 0.500. The van der Waals surface area contributed by atoms with Gasteiger partial charge in [0.15, 0.2) is 5.82 Å². The normalized spacial score (nSPS) is 18.1. The molecule has 2 aromatic rings. The van der Waals surface area contributed by atoms with Crippen LogP contribution in [-0.4, -0.2) is 58.3 Å². The number of rotatable bonds is 5. The Morgan fingerprint density at radius 3 is 3.00 bits per heavy atom. The van der Waals surface area contributed by atoms with Gasteiger partial charge in [0.25, 0.3) is 5.91 Å². The lowest BCUT2D eigenvalue weighted by atomic mass is 10.1. The predicted molar refractivity (Wildman–Crippen MR) is 90.2 cm³/mol. The van der Waals surface area contributed by atoms with Crippen molar-refractivity contribution in [3.63, 3.8) is 0 Å². The summed E-state index contributed by atoms with van der Waals surface area (Å²) in [6.45, 7) is 3.62. The maximum atomic E-state index is 12.2. The van der Waals surface area contributed by atoms with Gasteiger partial charge in [-0.2, -0.15) is 5.10 Å². The minimum atomic E-state index is -0.200. The van der Waals surface area contributed by atoms with Crippen molar-refractivity contribution in [3.05, 3.63) is 29.8 Å². The first-order chi connectivity index (χ1) is 12.0. The highest BCUT2D eigenvalue weighted by atomic mass is 16.5. The number of carbonyl (C=O) groups is 2. The molecule has 2 aromatic heterocycles. The van der Waals surface area contributed by atoms with Gasteiger partial charge in [-0.1, -0.05) is 5.16 Å². The van der Waals surface area contributed by atoms with E-state index in [1.165, 1.54) is 0 Å². The summed E-state index contributed by atoms with van der Waals surface area (Å²) >= 11 is 0. The van der Waals surface area contributed by atoms with E-state index in [9.17, 15) is 9.59 Å². The molecule has 1 fully saturated rings. The molecule has 9 heteroatoms. The van der Waals surface area contributed by atoms with E-state index in [1.54, 1.807) is 26.1 Å². The smallest absolute Gasteiger partial charge is 0.271 e. The summed E-state index contributed by atoms with van der Waals surface area (Å²) in [5.74, 6) is 0.756. The number of nitrogens with one attached hydrogen (secondary N) is 2. The Hall–Kier alpha value is -2.68. The largest absolute Gasteiger partial charge is 0.360 e. The van der Waals surface area contributed by atoms with Gasteiger partial charge < -0.3 is 15.2 Å². The molecule has 1 aliphatic heterocycles. The Labute approximate surface area is 145 Å². The van der Waals surface area contributed by atoms with Crippen molar-refractivity contribution in [2.45, 2.75) is 25.8 Å². The van der Waals surface area contributed by atoms with Crippen molar-refractivity contribution in [2.24, 2.45) is 0 Å². The van der Waals surface area contributed by atoms with Crippen molar-refractivity contribution in [3.8, 4) is 0 Å². The molecule has 3 rings (SSSR count). The Kier molecular flexibility index (Phi) is 5.13. The summed E-state index contributed by atoms with van der Waals surface area (Å²) in [5.41, 5.74) is 0.402. The molecule has 3 heterocycles. The minimum Gasteiger partial charge on any atom is -0.360 e. The number of amides is 2. The van der Waals surface area contributed by atoms with Crippen molar-refractivity contribution in [1.29, 1.82) is 0 Å². The molecule has 1 atom stereocenters. The third-order valence-electron chi connectivity index (χ3n) is 4.19. The van der Waals surface area contributed by atoms with Crippen LogP contribution in [0.3, 0.4) is 0 Å². The zero-order valence-corrected chi connectivity index (χ0v) is 14.4. The van der Waals surface area contributed by atoms with E-state index in [0.29, 0.717) is 23.8 Å². The Balaban J connectivity index is 1.56. The van der Waals surface area contributed by atoms with Crippen LogP contribution in [0.5, 0.6) is 0 Å². The quantitative estimate of drug-likeness (QED) is 0.830. The summed E-state index contributed by atoms with van der Waals surface area (Å²) in [4.78, 5) is 25.9. The molecule has 1 saturated heterocycles. The monoisotopic (exact) mass is 346 g/mol. The van der Waals surface area contributed by atoms with Crippen LogP contribution in [0.4, 0.5) is 5.82 Å². The molecule has 2 N–H and O–H groups in total. The third-order valence-corrected chi connectivity index (χ3v) is 4.19. The van der Waals surface area contributed by atoms with E-state index in [0.717, 1.165) is 19.4 Å². The first kappa shape index (κ1) is 17.2. The van der Waals surface area contributed by atoms with Crippen molar-refractivity contribution in [1.82, 2.24) is 25.2 Å². The van der Waals surface area contributed by atoms with Crippen LogP contribution in [0.25, 0.3) is 0 Å². The zero-order chi connectivity index (χ0) is 17.8. The molecule has 2 amide bonds. The van der Waals surface area contributed by atoms with Crippen molar-refractivity contribution < 1.29 is 14.1 Å². The van der Waals surface area contributed by atoms with Gasteiger partial charge in [-0.05, 0) is 32.4 Å². The Morgan fingerprint density at radius 1 is 1.44 bits per heavy atom. The lowest BCUT2D eigenvalue weighted by molar-refractivity contribution is -0.117. The summed E-state index contributed by atoms with van der Waals surface area (Å²) in [7, 11) is 1.58. The average Bonchev–Trinajstić information content (AvgIpc) is 3.23. The summed E-state index contributed by atoms with van der Waals surface area (Å²) in [6.07, 6.45) is 3.75. The molecule has 0 bridgehead atoms. The van der Waals surface area contributed by atoms with E-state index >= 15 is 0 Å². The number of aryl methyl sites for hydroxylation is 1. The first-order valence-electron chi connectivity index (χ1n) is 8.28. The minimum absolute atomic E-state index is 0.125. The third kappa shape index (κ3) is 4.24. The summed E-state index contributed by atoms with van der Waals surface area (Å²) < 4.78 is 6.75. The molecule has 9 nitrogen and oxygen atoms in total. The fourth-order valence-corrected chi connectivity index (χ4v) is 2.99. The lowest BCUT2D eigenvalue weighted by Gasteiger charge is -2.32. The molecular formula is C16H22N6O3. The van der Waals surface area contributed by atoms with Crippen LogP contribution < -0.4 is 10.6 Å². The van der Waals surface area contributed by atoms with Gasteiger partial charge in [0.1, 0.15) is 11.5 Å². The number of nitrogens with zero attached hydrogens (tertiary/aromatic N) is 4. The van der Waals surface area contributed by atoms with Crippen LogP contribution in [-0.2, 0) is 4.79 Å². The van der Waals surface area contributed by atoms with Crippen LogP contribution in [0, 0.1) is 6.92 Å². The van der Waals surface area contributed by atoms with E-state index in [4.69, 9.17) is 4.52 Å². The molecule has 0 aliphatic carbocycles. The van der Waals surface area contributed by atoms with Gasteiger partial charge in [0, 0.05) is 25.9 Å². The first-order valence-corrected chi connectivity index (χ1v) is 8.28. The molecular weight excluding hydrogens is 324 g/mol. The summed E-state index contributed by atoms with van der Waals surface area (Å²) in [5, 5.41) is 13.4. The number of anilines is 1. The van der Waals surface area contributed by atoms with Gasteiger partial charge in [-0.25, -0.2) is 0 Å². The second-order valence-electron chi connectivity index (χ2n) is 6.16. The Bertz CT molecular complexity index is 753.